The molecule has 17 heavy (non-hydrogen) atoms. The van der Waals surface area contributed by atoms with Crippen LogP contribution in [0.1, 0.15) is 17.3 Å². The largest absolute Gasteiger partial charge is 0.462 e. The Morgan fingerprint density at radius 2 is 1.94 bits per heavy atom. The Balaban J connectivity index is 2.32. The molecule has 0 aliphatic carbocycles. The van der Waals surface area contributed by atoms with E-state index in [1.807, 2.05) is 12.1 Å². The normalized spacial score (nSPS) is 9.94. The third-order valence-corrected chi connectivity index (χ3v) is 2.26. The first-order chi connectivity index (χ1) is 8.31. The standard InChI is InChI=1S/C13H12N2O2/c1-2-17-13(16)12-7-11(8-15-9-12)10-3-5-14-6-4-10/h3-9H,2H2,1H3. The highest BCUT2D eigenvalue weighted by molar-refractivity contribution is 5.90. The van der Waals surface area contributed by atoms with E-state index in [0.717, 1.165) is 11.1 Å². The van der Waals surface area contributed by atoms with Gasteiger partial charge in [-0.25, -0.2) is 4.79 Å². The van der Waals surface area contributed by atoms with E-state index in [9.17, 15) is 4.79 Å². The Bertz CT molecular complexity index is 512. The number of carbonyl (C=O) groups excluding carboxylic acids is 1. The van der Waals surface area contributed by atoms with Gasteiger partial charge >= 0.3 is 5.97 Å². The Labute approximate surface area is 99.3 Å². The van der Waals surface area contributed by atoms with Crippen molar-refractivity contribution >= 4 is 5.97 Å². The smallest absolute Gasteiger partial charge is 0.339 e. The number of esters is 1. The second-order valence-electron chi connectivity index (χ2n) is 3.42. The van der Waals surface area contributed by atoms with Gasteiger partial charge in [0.2, 0.25) is 0 Å². The Morgan fingerprint density at radius 3 is 2.65 bits per heavy atom. The highest BCUT2D eigenvalue weighted by Gasteiger charge is 2.08. The van der Waals surface area contributed by atoms with E-state index in [-0.39, 0.29) is 5.97 Å². The molecule has 2 aromatic heterocycles. The average molecular weight is 228 g/mol. The first-order valence-corrected chi connectivity index (χ1v) is 5.34. The van der Waals surface area contributed by atoms with Crippen LogP contribution in [0.25, 0.3) is 11.1 Å². The number of carbonyl (C=O) groups is 1. The number of hydrogen-bond acceptors (Lipinski definition) is 4. The third kappa shape index (κ3) is 2.66. The number of nitrogens with zero attached hydrogens (tertiary/aromatic N) is 2. The van der Waals surface area contributed by atoms with E-state index in [4.69, 9.17) is 4.74 Å². The average Bonchev–Trinajstić information content (AvgIpc) is 2.40. The van der Waals surface area contributed by atoms with Crippen molar-refractivity contribution in [1.82, 2.24) is 9.97 Å². The van der Waals surface area contributed by atoms with Gasteiger partial charge in [-0.05, 0) is 30.7 Å². The molecular formula is C13H12N2O2. The Kier molecular flexibility index (Phi) is 3.45. The molecule has 86 valence electrons. The van der Waals surface area contributed by atoms with Gasteiger partial charge in [0.05, 0.1) is 12.2 Å². The lowest BCUT2D eigenvalue weighted by Crippen LogP contribution is -2.05. The number of pyridine rings is 2. The van der Waals surface area contributed by atoms with Crippen LogP contribution in [0.15, 0.2) is 43.0 Å². The van der Waals surface area contributed by atoms with Gasteiger partial charge in [0.15, 0.2) is 0 Å². The molecule has 0 unspecified atom stereocenters. The number of ether oxygens (including phenoxy) is 1. The zero-order chi connectivity index (χ0) is 12.1. The van der Waals surface area contributed by atoms with Crippen LogP contribution in [0.4, 0.5) is 0 Å². The highest BCUT2D eigenvalue weighted by atomic mass is 16.5. The van der Waals surface area contributed by atoms with Crippen LogP contribution in [-0.4, -0.2) is 22.5 Å². The van der Waals surface area contributed by atoms with Crippen molar-refractivity contribution in [3.05, 3.63) is 48.5 Å². The van der Waals surface area contributed by atoms with Crippen LogP contribution >= 0.6 is 0 Å². The minimum absolute atomic E-state index is 0.351. The van der Waals surface area contributed by atoms with Crippen LogP contribution in [0, 0.1) is 0 Å². The monoisotopic (exact) mass is 228 g/mol. The van der Waals surface area contributed by atoms with Crippen LogP contribution in [0.5, 0.6) is 0 Å². The molecule has 0 radical (unpaired) electrons. The summed E-state index contributed by atoms with van der Waals surface area (Å²) in [6, 6.07) is 5.50. The van der Waals surface area contributed by atoms with E-state index >= 15 is 0 Å². The van der Waals surface area contributed by atoms with E-state index in [2.05, 4.69) is 9.97 Å². The summed E-state index contributed by atoms with van der Waals surface area (Å²) < 4.78 is 4.93. The summed E-state index contributed by atoms with van der Waals surface area (Å²) in [6.45, 7) is 2.14. The predicted molar refractivity (Wildman–Crippen MR) is 63.4 cm³/mol. The molecule has 0 saturated heterocycles. The van der Waals surface area contributed by atoms with Crippen LogP contribution < -0.4 is 0 Å². The molecule has 4 heteroatoms. The van der Waals surface area contributed by atoms with E-state index in [0.29, 0.717) is 12.2 Å². The molecule has 4 nitrogen and oxygen atoms in total. The molecule has 0 aliphatic rings. The second-order valence-corrected chi connectivity index (χ2v) is 3.42. The molecule has 0 fully saturated rings. The lowest BCUT2D eigenvalue weighted by Gasteiger charge is -2.04. The lowest BCUT2D eigenvalue weighted by atomic mass is 10.1. The van der Waals surface area contributed by atoms with Crippen LogP contribution in [-0.2, 0) is 4.74 Å². The van der Waals surface area contributed by atoms with Gasteiger partial charge in [0.25, 0.3) is 0 Å². The first kappa shape index (κ1) is 11.3. The molecule has 0 saturated carbocycles. The van der Waals surface area contributed by atoms with Gasteiger partial charge in [-0.1, -0.05) is 0 Å². The SMILES string of the molecule is CCOC(=O)c1cncc(-c2ccncc2)c1. The summed E-state index contributed by atoms with van der Waals surface area (Å²) in [4.78, 5) is 19.5. The molecular weight excluding hydrogens is 216 g/mol. The maximum Gasteiger partial charge on any atom is 0.339 e. The predicted octanol–water partition coefficient (Wildman–Crippen LogP) is 2.32. The van der Waals surface area contributed by atoms with Crippen molar-refractivity contribution in [3.8, 4) is 11.1 Å². The van der Waals surface area contributed by atoms with Crippen LogP contribution in [0.2, 0.25) is 0 Å². The van der Waals surface area contributed by atoms with Gasteiger partial charge < -0.3 is 4.74 Å². The summed E-state index contributed by atoms with van der Waals surface area (Å²) >= 11 is 0. The maximum atomic E-state index is 11.6. The lowest BCUT2D eigenvalue weighted by molar-refractivity contribution is 0.0526. The summed E-state index contributed by atoms with van der Waals surface area (Å²) in [5.74, 6) is -0.351. The molecule has 0 atom stereocenters. The molecule has 0 spiro atoms. The molecule has 0 amide bonds. The number of rotatable bonds is 3. The molecule has 0 aliphatic heterocycles. The van der Waals surface area contributed by atoms with Crippen molar-refractivity contribution in [2.75, 3.05) is 6.61 Å². The Hall–Kier alpha value is -2.23. The number of aromatic nitrogens is 2. The minimum atomic E-state index is -0.351. The van der Waals surface area contributed by atoms with Gasteiger partial charge in [0.1, 0.15) is 0 Å². The van der Waals surface area contributed by atoms with Crippen molar-refractivity contribution in [1.29, 1.82) is 0 Å². The van der Waals surface area contributed by atoms with E-state index in [1.165, 1.54) is 6.20 Å². The zero-order valence-electron chi connectivity index (χ0n) is 9.46. The van der Waals surface area contributed by atoms with Gasteiger partial charge in [-0.3, -0.25) is 9.97 Å². The minimum Gasteiger partial charge on any atom is -0.462 e. The van der Waals surface area contributed by atoms with E-state index in [1.54, 1.807) is 31.6 Å². The second kappa shape index (κ2) is 5.21. The summed E-state index contributed by atoms with van der Waals surface area (Å²) in [5.41, 5.74) is 2.30. The topological polar surface area (TPSA) is 52.1 Å². The van der Waals surface area contributed by atoms with Gasteiger partial charge in [-0.2, -0.15) is 0 Å². The molecule has 2 aromatic rings. The third-order valence-electron chi connectivity index (χ3n) is 2.26. The fourth-order valence-electron chi connectivity index (χ4n) is 1.47. The van der Waals surface area contributed by atoms with Gasteiger partial charge in [0, 0.05) is 30.4 Å². The summed E-state index contributed by atoms with van der Waals surface area (Å²) in [5, 5.41) is 0. The maximum absolute atomic E-state index is 11.6. The van der Waals surface area contributed by atoms with Crippen molar-refractivity contribution in [2.45, 2.75) is 6.92 Å². The Morgan fingerprint density at radius 1 is 1.18 bits per heavy atom. The fraction of sp³-hybridized carbons (Fsp3) is 0.154. The highest BCUT2D eigenvalue weighted by Crippen LogP contribution is 2.18. The zero-order valence-corrected chi connectivity index (χ0v) is 9.46. The van der Waals surface area contributed by atoms with Crippen molar-refractivity contribution in [3.63, 3.8) is 0 Å². The molecule has 0 aromatic carbocycles. The van der Waals surface area contributed by atoms with Crippen LogP contribution in [0.3, 0.4) is 0 Å². The molecule has 0 bridgehead atoms. The molecule has 2 heterocycles. The summed E-state index contributed by atoms with van der Waals surface area (Å²) in [6.07, 6.45) is 6.61. The first-order valence-electron chi connectivity index (χ1n) is 5.34. The molecule has 0 N–H and O–H groups in total. The summed E-state index contributed by atoms with van der Waals surface area (Å²) in [7, 11) is 0. The van der Waals surface area contributed by atoms with Gasteiger partial charge in [-0.15, -0.1) is 0 Å². The quantitative estimate of drug-likeness (QED) is 0.756. The van der Waals surface area contributed by atoms with Crippen molar-refractivity contribution < 1.29 is 9.53 Å². The number of hydrogen-bond donors (Lipinski definition) is 0. The van der Waals surface area contributed by atoms with Crippen molar-refractivity contribution in [2.24, 2.45) is 0 Å². The fourth-order valence-corrected chi connectivity index (χ4v) is 1.47. The molecule has 2 rings (SSSR count). The van der Waals surface area contributed by atoms with E-state index < -0.39 is 0 Å².